The summed E-state index contributed by atoms with van der Waals surface area (Å²) < 4.78 is 4.73. The molecule has 0 saturated heterocycles. The number of nitrogens with one attached hydrogen (secondary N) is 1. The van der Waals surface area contributed by atoms with Gasteiger partial charge in [0.05, 0.1) is 18.7 Å². The Hall–Kier alpha value is -1.63. The molecule has 7 heteroatoms. The van der Waals surface area contributed by atoms with Gasteiger partial charge in [-0.15, -0.1) is 11.3 Å². The predicted octanol–water partition coefficient (Wildman–Crippen LogP) is 0.727. The minimum Gasteiger partial charge on any atom is -0.466 e. The van der Waals surface area contributed by atoms with E-state index in [1.165, 1.54) is 11.3 Å². The van der Waals surface area contributed by atoms with Crippen LogP contribution in [0.2, 0.25) is 0 Å². The normalized spacial score (nSPS) is 10.1. The van der Waals surface area contributed by atoms with Gasteiger partial charge in [0.15, 0.2) is 5.13 Å². The van der Waals surface area contributed by atoms with E-state index in [0.29, 0.717) is 24.7 Å². The number of nitrogen functional groups attached to an aromatic ring is 1. The molecular weight excluding hydrogens is 254 g/mol. The first-order valence-electron chi connectivity index (χ1n) is 5.74. The first kappa shape index (κ1) is 14.4. The van der Waals surface area contributed by atoms with Gasteiger partial charge >= 0.3 is 5.97 Å². The number of thiazole rings is 1. The zero-order valence-corrected chi connectivity index (χ0v) is 11.1. The highest BCUT2D eigenvalue weighted by Gasteiger charge is 2.07. The molecule has 1 aromatic rings. The van der Waals surface area contributed by atoms with Gasteiger partial charge in [-0.3, -0.25) is 9.59 Å². The Morgan fingerprint density at radius 3 is 2.89 bits per heavy atom. The Kier molecular flexibility index (Phi) is 6.13. The topological polar surface area (TPSA) is 94.3 Å². The molecule has 0 aromatic carbocycles. The van der Waals surface area contributed by atoms with Crippen molar-refractivity contribution in [2.24, 2.45) is 0 Å². The molecule has 0 aliphatic heterocycles. The van der Waals surface area contributed by atoms with E-state index in [-0.39, 0.29) is 24.7 Å². The molecular formula is C11H17N3O3S. The number of nitrogens with zero attached hydrogens (tertiary/aromatic N) is 1. The Labute approximate surface area is 110 Å². The summed E-state index contributed by atoms with van der Waals surface area (Å²) in [6.45, 7) is 2.56. The zero-order chi connectivity index (χ0) is 13.4. The number of hydrogen-bond donors (Lipinski definition) is 2. The van der Waals surface area contributed by atoms with Crippen LogP contribution < -0.4 is 11.1 Å². The number of nitrogens with two attached hydrogens (primary N) is 1. The number of hydrogen-bond acceptors (Lipinski definition) is 6. The Morgan fingerprint density at radius 2 is 2.28 bits per heavy atom. The highest BCUT2D eigenvalue weighted by atomic mass is 32.1. The third kappa shape index (κ3) is 5.62. The average Bonchev–Trinajstić information content (AvgIpc) is 2.73. The van der Waals surface area contributed by atoms with Gasteiger partial charge in [0.2, 0.25) is 5.91 Å². The maximum atomic E-state index is 11.4. The van der Waals surface area contributed by atoms with Crippen molar-refractivity contribution in [2.75, 3.05) is 18.9 Å². The molecule has 1 heterocycles. The lowest BCUT2D eigenvalue weighted by Crippen LogP contribution is -2.26. The van der Waals surface area contributed by atoms with E-state index in [1.807, 2.05) is 5.38 Å². The number of carbonyl (C=O) groups is 2. The number of esters is 1. The highest BCUT2D eigenvalue weighted by Crippen LogP contribution is 2.10. The number of ether oxygens (including phenoxy) is 1. The second-order valence-corrected chi connectivity index (χ2v) is 4.47. The van der Waals surface area contributed by atoms with Crippen LogP contribution in [0.3, 0.4) is 0 Å². The van der Waals surface area contributed by atoms with Crippen LogP contribution >= 0.6 is 11.3 Å². The van der Waals surface area contributed by atoms with E-state index in [2.05, 4.69) is 10.3 Å². The molecule has 1 rings (SSSR count). The molecule has 100 valence electrons. The van der Waals surface area contributed by atoms with Crippen molar-refractivity contribution in [3.05, 3.63) is 11.1 Å². The van der Waals surface area contributed by atoms with Crippen LogP contribution in [0.4, 0.5) is 5.13 Å². The van der Waals surface area contributed by atoms with Crippen molar-refractivity contribution in [2.45, 2.75) is 26.2 Å². The lowest BCUT2D eigenvalue weighted by Gasteiger charge is -2.04. The summed E-state index contributed by atoms with van der Waals surface area (Å²) >= 11 is 1.38. The van der Waals surface area contributed by atoms with Crippen molar-refractivity contribution in [3.8, 4) is 0 Å². The van der Waals surface area contributed by atoms with Crippen molar-refractivity contribution in [1.29, 1.82) is 0 Å². The van der Waals surface area contributed by atoms with E-state index in [1.54, 1.807) is 6.92 Å². The smallest absolute Gasteiger partial charge is 0.306 e. The van der Waals surface area contributed by atoms with Gasteiger partial charge in [0, 0.05) is 24.8 Å². The van der Waals surface area contributed by atoms with Gasteiger partial charge in [-0.2, -0.15) is 0 Å². The van der Waals surface area contributed by atoms with Crippen LogP contribution in [-0.4, -0.2) is 30.0 Å². The number of carbonyl (C=O) groups excluding carboxylic acids is 2. The summed E-state index contributed by atoms with van der Waals surface area (Å²) in [7, 11) is 0. The summed E-state index contributed by atoms with van der Waals surface area (Å²) in [5.41, 5.74) is 6.35. The van der Waals surface area contributed by atoms with Crippen molar-refractivity contribution in [3.63, 3.8) is 0 Å². The molecule has 0 spiro atoms. The van der Waals surface area contributed by atoms with Crippen molar-refractivity contribution < 1.29 is 14.3 Å². The molecule has 0 fully saturated rings. The van der Waals surface area contributed by atoms with E-state index >= 15 is 0 Å². The Bertz CT molecular complexity index is 406. The summed E-state index contributed by atoms with van der Waals surface area (Å²) in [6.07, 6.45) is 0.903. The lowest BCUT2D eigenvalue weighted by atomic mass is 10.3. The van der Waals surface area contributed by atoms with E-state index in [9.17, 15) is 9.59 Å². The molecule has 0 aliphatic rings. The first-order chi connectivity index (χ1) is 8.61. The Balaban J connectivity index is 2.12. The van der Waals surface area contributed by atoms with Crippen molar-refractivity contribution >= 4 is 28.3 Å². The van der Waals surface area contributed by atoms with Crippen LogP contribution in [-0.2, 0) is 20.7 Å². The summed E-state index contributed by atoms with van der Waals surface area (Å²) in [4.78, 5) is 26.5. The standard InChI is InChI=1S/C11H17N3O3S/c1-2-17-10(16)4-3-9(15)13-6-5-8-7-18-11(12)14-8/h7H,2-6H2,1H3,(H2,12,14)(H,13,15). The fraction of sp³-hybridized carbons (Fsp3) is 0.545. The third-order valence-corrected chi connectivity index (χ3v) is 2.86. The fourth-order valence-electron chi connectivity index (χ4n) is 1.30. The van der Waals surface area contributed by atoms with Gasteiger partial charge in [0.25, 0.3) is 0 Å². The lowest BCUT2D eigenvalue weighted by molar-refractivity contribution is -0.144. The van der Waals surface area contributed by atoms with Crippen LogP contribution in [0.25, 0.3) is 0 Å². The molecule has 1 aromatic heterocycles. The summed E-state index contributed by atoms with van der Waals surface area (Å²) in [5, 5.41) is 5.10. The molecule has 0 radical (unpaired) electrons. The zero-order valence-electron chi connectivity index (χ0n) is 10.3. The fourth-order valence-corrected chi connectivity index (χ4v) is 1.90. The highest BCUT2D eigenvalue weighted by molar-refractivity contribution is 7.13. The van der Waals surface area contributed by atoms with Gasteiger partial charge in [-0.05, 0) is 6.92 Å². The number of rotatable bonds is 7. The molecule has 0 atom stereocenters. The molecule has 0 unspecified atom stereocenters. The summed E-state index contributed by atoms with van der Waals surface area (Å²) in [6, 6.07) is 0. The minimum atomic E-state index is -0.347. The van der Waals surface area contributed by atoms with E-state index in [0.717, 1.165) is 5.69 Å². The number of amides is 1. The van der Waals surface area contributed by atoms with Crippen LogP contribution in [0.15, 0.2) is 5.38 Å². The predicted molar refractivity (Wildman–Crippen MR) is 69.1 cm³/mol. The monoisotopic (exact) mass is 271 g/mol. The van der Waals surface area contributed by atoms with Gasteiger partial charge < -0.3 is 15.8 Å². The number of aromatic nitrogens is 1. The first-order valence-corrected chi connectivity index (χ1v) is 6.62. The largest absolute Gasteiger partial charge is 0.466 e. The average molecular weight is 271 g/mol. The quantitative estimate of drug-likeness (QED) is 0.713. The summed E-state index contributed by atoms with van der Waals surface area (Å²) in [5.74, 6) is -0.508. The molecule has 0 saturated carbocycles. The van der Waals surface area contributed by atoms with E-state index < -0.39 is 0 Å². The third-order valence-electron chi connectivity index (χ3n) is 2.13. The Morgan fingerprint density at radius 1 is 1.50 bits per heavy atom. The molecule has 0 bridgehead atoms. The number of anilines is 1. The van der Waals surface area contributed by atoms with Crippen LogP contribution in [0, 0.1) is 0 Å². The molecule has 6 nitrogen and oxygen atoms in total. The minimum absolute atomic E-state index is 0.114. The van der Waals surface area contributed by atoms with Crippen LogP contribution in [0.5, 0.6) is 0 Å². The van der Waals surface area contributed by atoms with Gasteiger partial charge in [-0.25, -0.2) is 4.98 Å². The van der Waals surface area contributed by atoms with Gasteiger partial charge in [0.1, 0.15) is 0 Å². The molecule has 0 aliphatic carbocycles. The van der Waals surface area contributed by atoms with Gasteiger partial charge in [-0.1, -0.05) is 0 Å². The molecule has 3 N–H and O–H groups in total. The molecule has 18 heavy (non-hydrogen) atoms. The maximum Gasteiger partial charge on any atom is 0.306 e. The van der Waals surface area contributed by atoms with E-state index in [4.69, 9.17) is 10.5 Å². The maximum absolute atomic E-state index is 11.4. The second-order valence-electron chi connectivity index (χ2n) is 3.58. The SMILES string of the molecule is CCOC(=O)CCC(=O)NCCc1csc(N)n1. The molecule has 1 amide bonds. The second kappa shape index (κ2) is 7.65. The van der Waals surface area contributed by atoms with Crippen molar-refractivity contribution in [1.82, 2.24) is 10.3 Å². The van der Waals surface area contributed by atoms with Crippen LogP contribution in [0.1, 0.15) is 25.5 Å².